The highest BCUT2D eigenvalue weighted by molar-refractivity contribution is 14.0. The third kappa shape index (κ3) is 9.64. The second-order valence-electron chi connectivity index (χ2n) is 4.23. The molecule has 0 saturated heterocycles. The van der Waals surface area contributed by atoms with E-state index in [4.69, 9.17) is 5.73 Å². The molecule has 0 atom stereocenters. The van der Waals surface area contributed by atoms with E-state index < -0.39 is 10.0 Å². The highest BCUT2D eigenvalue weighted by Gasteiger charge is 2.03. The van der Waals surface area contributed by atoms with E-state index in [9.17, 15) is 8.42 Å². The zero-order valence-corrected chi connectivity index (χ0v) is 15.2. The fraction of sp³-hybridized carbons (Fsp3) is 0.462. The molecule has 120 valence electrons. The van der Waals surface area contributed by atoms with E-state index in [-0.39, 0.29) is 36.3 Å². The summed E-state index contributed by atoms with van der Waals surface area (Å²) in [6, 6.07) is 10.1. The third-order valence-electron chi connectivity index (χ3n) is 2.66. The SMILES string of the molecule is CCS(=O)(=O)NCCN=C(N)NCCc1ccccc1.I. The molecule has 1 rings (SSSR count). The van der Waals surface area contributed by atoms with Crippen molar-refractivity contribution in [1.29, 1.82) is 0 Å². The fourth-order valence-corrected chi connectivity index (χ4v) is 2.12. The zero-order chi connectivity index (χ0) is 14.8. The van der Waals surface area contributed by atoms with Crippen LogP contribution in [0.2, 0.25) is 0 Å². The Labute approximate surface area is 143 Å². The Kier molecular flexibility index (Phi) is 10.4. The van der Waals surface area contributed by atoms with Crippen LogP contribution in [0, 0.1) is 0 Å². The monoisotopic (exact) mass is 426 g/mol. The average molecular weight is 426 g/mol. The summed E-state index contributed by atoms with van der Waals surface area (Å²) in [7, 11) is -3.15. The first-order valence-corrected chi connectivity index (χ1v) is 8.24. The quantitative estimate of drug-likeness (QED) is 0.247. The number of nitrogens with two attached hydrogens (primary N) is 1. The van der Waals surface area contributed by atoms with Gasteiger partial charge in [0.15, 0.2) is 5.96 Å². The van der Waals surface area contributed by atoms with Crippen molar-refractivity contribution < 1.29 is 8.42 Å². The Hall–Kier alpha value is -0.870. The smallest absolute Gasteiger partial charge is 0.211 e. The van der Waals surface area contributed by atoms with E-state index in [1.54, 1.807) is 6.92 Å². The van der Waals surface area contributed by atoms with Crippen LogP contribution in [0.5, 0.6) is 0 Å². The molecule has 1 aromatic carbocycles. The van der Waals surface area contributed by atoms with Crippen molar-refractivity contribution in [2.24, 2.45) is 10.7 Å². The molecule has 8 heteroatoms. The molecule has 0 aromatic heterocycles. The Morgan fingerprint density at radius 1 is 1.24 bits per heavy atom. The maximum atomic E-state index is 11.2. The number of nitrogens with zero attached hydrogens (tertiary/aromatic N) is 1. The Balaban J connectivity index is 0.00000400. The van der Waals surface area contributed by atoms with Gasteiger partial charge in [-0.3, -0.25) is 4.99 Å². The van der Waals surface area contributed by atoms with Crippen LogP contribution in [0.25, 0.3) is 0 Å². The van der Waals surface area contributed by atoms with Crippen molar-refractivity contribution >= 4 is 40.0 Å². The number of hydrogen-bond donors (Lipinski definition) is 3. The van der Waals surface area contributed by atoms with Crippen molar-refractivity contribution in [2.45, 2.75) is 13.3 Å². The molecule has 0 aliphatic carbocycles. The van der Waals surface area contributed by atoms with Gasteiger partial charge in [-0.25, -0.2) is 13.1 Å². The number of benzene rings is 1. The molecule has 0 radical (unpaired) electrons. The number of hydrogen-bond acceptors (Lipinski definition) is 3. The lowest BCUT2D eigenvalue weighted by Gasteiger charge is -2.06. The lowest BCUT2D eigenvalue weighted by atomic mass is 10.1. The van der Waals surface area contributed by atoms with Gasteiger partial charge in [-0.2, -0.15) is 0 Å². The molecule has 0 fully saturated rings. The van der Waals surface area contributed by atoms with E-state index in [0.29, 0.717) is 19.0 Å². The second-order valence-corrected chi connectivity index (χ2v) is 6.32. The third-order valence-corrected chi connectivity index (χ3v) is 4.06. The first-order valence-electron chi connectivity index (χ1n) is 6.58. The minimum absolute atomic E-state index is 0. The van der Waals surface area contributed by atoms with Crippen LogP contribution >= 0.6 is 24.0 Å². The van der Waals surface area contributed by atoms with Crippen LogP contribution in [0.3, 0.4) is 0 Å². The van der Waals surface area contributed by atoms with Crippen LogP contribution in [0.1, 0.15) is 12.5 Å². The molecule has 0 aliphatic heterocycles. The number of guanidine groups is 1. The predicted octanol–water partition coefficient (Wildman–Crippen LogP) is 0.691. The summed E-state index contributed by atoms with van der Waals surface area (Å²) in [6.07, 6.45) is 0.861. The number of aliphatic imine (C=N–C) groups is 1. The van der Waals surface area contributed by atoms with E-state index >= 15 is 0 Å². The number of nitrogens with one attached hydrogen (secondary N) is 2. The average Bonchev–Trinajstić information content (AvgIpc) is 2.45. The van der Waals surface area contributed by atoms with Crippen molar-refractivity contribution in [3.8, 4) is 0 Å². The van der Waals surface area contributed by atoms with Crippen LogP contribution in [-0.2, 0) is 16.4 Å². The lowest BCUT2D eigenvalue weighted by molar-refractivity contribution is 0.583. The van der Waals surface area contributed by atoms with Crippen LogP contribution in [-0.4, -0.2) is 39.8 Å². The molecule has 0 saturated carbocycles. The number of rotatable bonds is 8. The first kappa shape index (κ1) is 20.1. The normalized spacial score (nSPS) is 11.8. The van der Waals surface area contributed by atoms with Gasteiger partial charge in [-0.05, 0) is 18.9 Å². The van der Waals surface area contributed by atoms with Gasteiger partial charge in [0.2, 0.25) is 10.0 Å². The van der Waals surface area contributed by atoms with Gasteiger partial charge >= 0.3 is 0 Å². The number of sulfonamides is 1. The van der Waals surface area contributed by atoms with Crippen LogP contribution < -0.4 is 15.8 Å². The molecule has 1 aromatic rings. The highest BCUT2D eigenvalue weighted by Crippen LogP contribution is 1.97. The Bertz CT molecular complexity index is 520. The lowest BCUT2D eigenvalue weighted by Crippen LogP contribution is -2.34. The first-order chi connectivity index (χ1) is 9.53. The van der Waals surface area contributed by atoms with Gasteiger partial charge in [-0.15, -0.1) is 24.0 Å². The summed E-state index contributed by atoms with van der Waals surface area (Å²) >= 11 is 0. The fourth-order valence-electron chi connectivity index (χ4n) is 1.52. The largest absolute Gasteiger partial charge is 0.370 e. The maximum Gasteiger partial charge on any atom is 0.211 e. The van der Waals surface area contributed by atoms with Crippen molar-refractivity contribution in [3.63, 3.8) is 0 Å². The molecule has 4 N–H and O–H groups in total. The van der Waals surface area contributed by atoms with Gasteiger partial charge in [-0.1, -0.05) is 30.3 Å². The van der Waals surface area contributed by atoms with Gasteiger partial charge in [0, 0.05) is 13.1 Å². The molecule has 0 aliphatic rings. The number of halogens is 1. The summed E-state index contributed by atoms with van der Waals surface area (Å²) < 4.78 is 24.8. The van der Waals surface area contributed by atoms with Crippen LogP contribution in [0.15, 0.2) is 35.3 Å². The Morgan fingerprint density at radius 2 is 1.90 bits per heavy atom. The summed E-state index contributed by atoms with van der Waals surface area (Å²) in [4.78, 5) is 4.05. The molecule has 0 heterocycles. The summed E-state index contributed by atoms with van der Waals surface area (Å²) in [5, 5.41) is 2.99. The molecule has 6 nitrogen and oxygen atoms in total. The Morgan fingerprint density at radius 3 is 2.52 bits per heavy atom. The summed E-state index contributed by atoms with van der Waals surface area (Å²) in [5.41, 5.74) is 6.91. The van der Waals surface area contributed by atoms with Crippen molar-refractivity contribution in [2.75, 3.05) is 25.4 Å². The minimum Gasteiger partial charge on any atom is -0.370 e. The molecule has 0 amide bonds. The van der Waals surface area contributed by atoms with Crippen LogP contribution in [0.4, 0.5) is 0 Å². The standard InChI is InChI=1S/C13H22N4O2S.HI/c1-2-20(18,19)17-11-10-16-13(14)15-9-8-12-6-4-3-5-7-12;/h3-7,17H,2,8-11H2,1H3,(H3,14,15,16);1H. The summed E-state index contributed by atoms with van der Waals surface area (Å²) in [5.74, 6) is 0.401. The molecular weight excluding hydrogens is 403 g/mol. The van der Waals surface area contributed by atoms with Gasteiger partial charge < -0.3 is 11.1 Å². The molecule has 0 bridgehead atoms. The van der Waals surface area contributed by atoms with E-state index in [0.717, 1.165) is 6.42 Å². The second kappa shape index (κ2) is 10.8. The molecular formula is C13H23IN4O2S. The highest BCUT2D eigenvalue weighted by atomic mass is 127. The van der Waals surface area contributed by atoms with E-state index in [1.165, 1.54) is 5.56 Å². The van der Waals surface area contributed by atoms with E-state index in [1.807, 2.05) is 18.2 Å². The van der Waals surface area contributed by atoms with Gasteiger partial charge in [0.25, 0.3) is 0 Å². The predicted molar refractivity (Wildman–Crippen MR) is 97.5 cm³/mol. The maximum absolute atomic E-state index is 11.2. The molecule has 0 spiro atoms. The minimum atomic E-state index is -3.15. The zero-order valence-electron chi connectivity index (χ0n) is 12.1. The van der Waals surface area contributed by atoms with Gasteiger partial charge in [0.1, 0.15) is 0 Å². The van der Waals surface area contributed by atoms with E-state index in [2.05, 4.69) is 27.2 Å². The summed E-state index contributed by atoms with van der Waals surface area (Å²) in [6.45, 7) is 2.87. The van der Waals surface area contributed by atoms with Crippen molar-refractivity contribution in [1.82, 2.24) is 10.0 Å². The van der Waals surface area contributed by atoms with Gasteiger partial charge in [0.05, 0.1) is 12.3 Å². The molecule has 21 heavy (non-hydrogen) atoms. The van der Waals surface area contributed by atoms with Crippen molar-refractivity contribution in [3.05, 3.63) is 35.9 Å². The molecule has 0 unspecified atom stereocenters. The topological polar surface area (TPSA) is 96.6 Å².